The predicted octanol–water partition coefficient (Wildman–Crippen LogP) is -5.55. The minimum atomic E-state index is -2.40. The van der Waals surface area contributed by atoms with E-state index in [9.17, 15) is 46.1 Å². The van der Waals surface area contributed by atoms with Crippen molar-refractivity contribution in [2.75, 3.05) is 20.4 Å². The minimum absolute atomic E-state index is 0.119. The van der Waals surface area contributed by atoms with Crippen molar-refractivity contribution in [3.8, 4) is 0 Å². The van der Waals surface area contributed by atoms with E-state index in [-0.39, 0.29) is 4.86 Å². The normalized spacial score (nSPS) is 47.9. The molecular weight excluding hydrogens is 392 g/mol. The fourth-order valence-corrected chi connectivity index (χ4v) is 2.73. The number of ether oxygens (including phenoxy) is 4. The zero-order valence-electron chi connectivity index (χ0n) is 14.6. The van der Waals surface area contributed by atoms with Crippen molar-refractivity contribution in [1.29, 1.82) is 0 Å². The Bertz CT molecular complexity index is 549. The summed E-state index contributed by atoms with van der Waals surface area (Å²) in [6, 6.07) is 0. The van der Waals surface area contributed by atoms with Gasteiger partial charge in [0.25, 0.3) is 0 Å². The van der Waals surface area contributed by atoms with Crippen LogP contribution in [0.25, 0.3) is 0 Å². The SMILES string of the molecule is C/[N+]([O-])=N/CO[C@]1(CO)O[C@@H](O)[C@H](O)[C@H](O)[C@@H]1O[C@@H]1O[C@H](O)[C@@H](O)[C@H](O)[C@H]1O. The second kappa shape index (κ2) is 9.16. The van der Waals surface area contributed by atoms with Gasteiger partial charge in [-0.15, -0.1) is 0 Å². The second-order valence-electron chi connectivity index (χ2n) is 6.26. The highest BCUT2D eigenvalue weighted by molar-refractivity contribution is 4.97. The number of aliphatic hydroxyl groups excluding tert-OH is 8. The van der Waals surface area contributed by atoms with Crippen molar-refractivity contribution in [2.24, 2.45) is 5.11 Å². The smallest absolute Gasteiger partial charge is 0.225 e. The number of nitrogens with zero attached hydrogens (tertiary/aromatic N) is 2. The van der Waals surface area contributed by atoms with Gasteiger partial charge in [-0.05, 0) is 5.11 Å². The Balaban J connectivity index is 2.28. The first-order valence-corrected chi connectivity index (χ1v) is 8.12. The van der Waals surface area contributed by atoms with Gasteiger partial charge >= 0.3 is 0 Å². The minimum Gasteiger partial charge on any atom is -0.600 e. The molecule has 28 heavy (non-hydrogen) atoms. The van der Waals surface area contributed by atoms with Gasteiger partial charge in [-0.2, -0.15) is 0 Å². The van der Waals surface area contributed by atoms with Crippen LogP contribution in [0.5, 0.6) is 0 Å². The molecule has 2 aliphatic heterocycles. The van der Waals surface area contributed by atoms with E-state index in [1.807, 2.05) is 0 Å². The van der Waals surface area contributed by atoms with Gasteiger partial charge in [0.15, 0.2) is 25.9 Å². The molecule has 15 nitrogen and oxygen atoms in total. The van der Waals surface area contributed by atoms with Crippen molar-refractivity contribution < 1.29 is 64.7 Å². The maximum Gasteiger partial charge on any atom is 0.225 e. The summed E-state index contributed by atoms with van der Waals surface area (Å²) >= 11 is 0. The van der Waals surface area contributed by atoms with Gasteiger partial charge in [0.05, 0.1) is 0 Å². The molecule has 0 aliphatic carbocycles. The average molecular weight is 416 g/mol. The standard InChI is InChI=1S/C13H24N2O13/c1-15(24)14-3-25-13(2-16)9(5(18)7(20)11(23)28-13)26-12-8(21)4(17)6(19)10(22)27-12/h4-12,16-23H,2-3H2,1H3/b15-14-/t4-,5-,6-,7+,8+,9-,10-,11+,12+,13+/m0/s1. The molecule has 0 amide bonds. The van der Waals surface area contributed by atoms with Crippen LogP contribution in [0.3, 0.4) is 0 Å². The Morgan fingerprint density at radius 2 is 1.57 bits per heavy atom. The van der Waals surface area contributed by atoms with Gasteiger partial charge in [0, 0.05) is 0 Å². The van der Waals surface area contributed by atoms with Crippen LogP contribution in [0.2, 0.25) is 0 Å². The summed E-state index contributed by atoms with van der Waals surface area (Å²) in [5.41, 5.74) is 0. The van der Waals surface area contributed by atoms with E-state index in [2.05, 4.69) is 5.11 Å². The average Bonchev–Trinajstić information content (AvgIpc) is 2.64. The van der Waals surface area contributed by atoms with E-state index < -0.39 is 74.6 Å². The van der Waals surface area contributed by atoms with E-state index >= 15 is 0 Å². The summed E-state index contributed by atoms with van der Waals surface area (Å²) < 4.78 is 20.2. The Morgan fingerprint density at radius 3 is 2.14 bits per heavy atom. The quantitative estimate of drug-likeness (QED) is 0.115. The molecule has 2 heterocycles. The van der Waals surface area contributed by atoms with Crippen molar-refractivity contribution >= 4 is 0 Å². The molecule has 2 fully saturated rings. The lowest BCUT2D eigenvalue weighted by Gasteiger charge is -2.49. The first-order chi connectivity index (χ1) is 13.0. The number of hydroxylamine groups is 1. The van der Waals surface area contributed by atoms with Crippen molar-refractivity contribution in [3.63, 3.8) is 0 Å². The molecule has 0 radical (unpaired) electrons. The summed E-state index contributed by atoms with van der Waals surface area (Å²) in [6.45, 7) is -1.82. The van der Waals surface area contributed by atoms with Gasteiger partial charge in [-0.3, -0.25) is 0 Å². The van der Waals surface area contributed by atoms with Crippen molar-refractivity contribution in [1.82, 2.24) is 0 Å². The fraction of sp³-hybridized carbons (Fsp3) is 1.00. The van der Waals surface area contributed by atoms with Gasteiger partial charge in [0.2, 0.25) is 12.5 Å². The van der Waals surface area contributed by atoms with Crippen LogP contribution in [-0.2, 0) is 18.9 Å². The number of hydrogen-bond acceptors (Lipinski definition) is 14. The zero-order chi connectivity index (χ0) is 21.2. The number of hydrogen-bond donors (Lipinski definition) is 8. The van der Waals surface area contributed by atoms with Gasteiger partial charge < -0.3 is 65.0 Å². The fourth-order valence-electron chi connectivity index (χ4n) is 2.73. The highest BCUT2D eigenvalue weighted by Crippen LogP contribution is 2.35. The van der Waals surface area contributed by atoms with Crippen LogP contribution in [0.15, 0.2) is 5.11 Å². The highest BCUT2D eigenvalue weighted by Gasteiger charge is 2.58. The number of rotatable bonds is 6. The second-order valence-corrected chi connectivity index (χ2v) is 6.26. The third-order valence-electron chi connectivity index (χ3n) is 4.32. The molecule has 2 saturated heterocycles. The molecule has 0 spiro atoms. The molecule has 0 saturated carbocycles. The highest BCUT2D eigenvalue weighted by atomic mass is 16.8. The number of aliphatic hydroxyl groups is 8. The maximum atomic E-state index is 10.9. The summed E-state index contributed by atoms with van der Waals surface area (Å²) in [6.07, 6.45) is -17.4. The van der Waals surface area contributed by atoms with Crippen molar-refractivity contribution in [2.45, 2.75) is 61.3 Å². The molecule has 0 aromatic carbocycles. The van der Waals surface area contributed by atoms with E-state index in [0.29, 0.717) is 0 Å². The van der Waals surface area contributed by atoms with Crippen LogP contribution < -0.4 is 0 Å². The molecule has 0 bridgehead atoms. The molecule has 2 aliphatic rings. The number of azo groups is 1. The maximum absolute atomic E-state index is 10.9. The monoisotopic (exact) mass is 416 g/mol. The van der Waals surface area contributed by atoms with E-state index in [0.717, 1.165) is 7.05 Å². The molecule has 10 atom stereocenters. The van der Waals surface area contributed by atoms with Crippen LogP contribution in [0.4, 0.5) is 0 Å². The van der Waals surface area contributed by atoms with E-state index in [4.69, 9.17) is 18.9 Å². The van der Waals surface area contributed by atoms with Crippen LogP contribution in [0, 0.1) is 5.21 Å². The van der Waals surface area contributed by atoms with E-state index in [1.54, 1.807) is 0 Å². The third-order valence-corrected chi connectivity index (χ3v) is 4.32. The zero-order valence-corrected chi connectivity index (χ0v) is 14.6. The molecule has 15 heteroatoms. The van der Waals surface area contributed by atoms with Crippen LogP contribution in [0.1, 0.15) is 0 Å². The Labute approximate surface area is 157 Å². The summed E-state index contributed by atoms with van der Waals surface area (Å²) in [4.78, 5) is 0.119. The predicted molar refractivity (Wildman–Crippen MR) is 80.6 cm³/mol. The Morgan fingerprint density at radius 1 is 0.964 bits per heavy atom. The van der Waals surface area contributed by atoms with Gasteiger partial charge in [0.1, 0.15) is 43.2 Å². The first-order valence-electron chi connectivity index (χ1n) is 8.12. The third kappa shape index (κ3) is 4.56. The molecule has 2 rings (SSSR count). The van der Waals surface area contributed by atoms with Gasteiger partial charge in [-0.1, -0.05) is 4.86 Å². The molecule has 0 aromatic heterocycles. The largest absolute Gasteiger partial charge is 0.600 e. The van der Waals surface area contributed by atoms with Crippen LogP contribution >= 0.6 is 0 Å². The lowest BCUT2D eigenvalue weighted by atomic mass is 9.95. The lowest BCUT2D eigenvalue weighted by Crippen LogP contribution is -2.70. The van der Waals surface area contributed by atoms with E-state index in [1.165, 1.54) is 0 Å². The molecule has 0 unspecified atom stereocenters. The molecular formula is C13H24N2O13. The molecule has 0 aromatic rings. The Kier molecular flexibility index (Phi) is 7.59. The molecule has 8 N–H and O–H groups in total. The Hall–Kier alpha value is -1.08. The first kappa shape index (κ1) is 23.2. The summed E-state index contributed by atoms with van der Waals surface area (Å²) in [5, 5.41) is 92.5. The topological polar surface area (TPSA) is 237 Å². The van der Waals surface area contributed by atoms with Crippen LogP contribution in [-0.4, -0.2) is 127 Å². The lowest BCUT2D eigenvalue weighted by molar-refractivity contribution is -0.509. The summed E-state index contributed by atoms with van der Waals surface area (Å²) in [7, 11) is 1.03. The van der Waals surface area contributed by atoms with Crippen molar-refractivity contribution in [3.05, 3.63) is 5.21 Å². The van der Waals surface area contributed by atoms with Gasteiger partial charge in [-0.25, -0.2) is 0 Å². The summed E-state index contributed by atoms with van der Waals surface area (Å²) in [5.74, 6) is -2.40. The molecule has 164 valence electrons.